The molecule has 0 spiro atoms. The lowest BCUT2D eigenvalue weighted by atomic mass is 9.99. The van der Waals surface area contributed by atoms with Gasteiger partial charge in [0.1, 0.15) is 5.75 Å². The molecule has 2 aromatic carbocycles. The van der Waals surface area contributed by atoms with Gasteiger partial charge in [-0.25, -0.2) is 16.8 Å². The van der Waals surface area contributed by atoms with Crippen LogP contribution in [0.3, 0.4) is 0 Å². The van der Waals surface area contributed by atoms with E-state index < -0.39 is 20.0 Å². The SMILES string of the molecule is CCOc1ccc(S(=O)(=O)NNS(=O)(=O)c2ccc([C@H](C)CC)cc2)cc1. The topological polar surface area (TPSA) is 102 Å². The van der Waals surface area contributed by atoms with Crippen molar-refractivity contribution in [2.45, 2.75) is 42.9 Å². The molecule has 2 N–H and O–H groups in total. The molecular formula is C18H24N2O5S2. The van der Waals surface area contributed by atoms with E-state index in [0.717, 1.165) is 12.0 Å². The number of sulfonamides is 2. The van der Waals surface area contributed by atoms with Crippen LogP contribution in [-0.4, -0.2) is 23.4 Å². The Morgan fingerprint density at radius 2 is 1.26 bits per heavy atom. The van der Waals surface area contributed by atoms with Gasteiger partial charge in [-0.3, -0.25) is 0 Å². The summed E-state index contributed by atoms with van der Waals surface area (Å²) in [6, 6.07) is 12.0. The van der Waals surface area contributed by atoms with Gasteiger partial charge in [0.25, 0.3) is 20.0 Å². The standard InChI is InChI=1S/C18H24N2O5S2/c1-4-14(3)15-6-10-17(11-7-15)26(21,22)19-20-27(23,24)18-12-8-16(9-13-18)25-5-2/h6-14,19-20H,4-5H2,1-3H3/t14-/m1/s1. The molecule has 148 valence electrons. The van der Waals surface area contributed by atoms with E-state index in [2.05, 4.69) is 0 Å². The monoisotopic (exact) mass is 412 g/mol. The van der Waals surface area contributed by atoms with Crippen LogP contribution in [0.2, 0.25) is 0 Å². The summed E-state index contributed by atoms with van der Waals surface area (Å²) < 4.78 is 54.5. The van der Waals surface area contributed by atoms with Crippen LogP contribution in [0.4, 0.5) is 0 Å². The van der Waals surface area contributed by atoms with Crippen molar-refractivity contribution in [3.05, 3.63) is 54.1 Å². The number of hydrogen-bond acceptors (Lipinski definition) is 5. The van der Waals surface area contributed by atoms with Gasteiger partial charge in [0.05, 0.1) is 16.4 Å². The minimum absolute atomic E-state index is 0.0241. The van der Waals surface area contributed by atoms with Gasteiger partial charge in [0.2, 0.25) is 0 Å². The molecule has 0 fully saturated rings. The summed E-state index contributed by atoms with van der Waals surface area (Å²) in [4.78, 5) is 3.72. The molecular weight excluding hydrogens is 388 g/mol. The second-order valence-electron chi connectivity index (χ2n) is 5.99. The van der Waals surface area contributed by atoms with Crippen LogP contribution in [-0.2, 0) is 20.0 Å². The minimum Gasteiger partial charge on any atom is -0.494 e. The molecule has 0 heterocycles. The van der Waals surface area contributed by atoms with E-state index in [1.165, 1.54) is 36.4 Å². The third-order valence-electron chi connectivity index (χ3n) is 4.13. The van der Waals surface area contributed by atoms with Crippen LogP contribution < -0.4 is 14.4 Å². The summed E-state index contributed by atoms with van der Waals surface area (Å²) in [5, 5.41) is 0. The molecule has 2 rings (SSSR count). The number of rotatable bonds is 9. The first kappa shape index (κ1) is 21.4. The first-order valence-electron chi connectivity index (χ1n) is 8.56. The molecule has 0 aliphatic rings. The van der Waals surface area contributed by atoms with Crippen molar-refractivity contribution in [1.29, 1.82) is 0 Å². The van der Waals surface area contributed by atoms with Crippen LogP contribution in [0.15, 0.2) is 58.3 Å². The molecule has 9 heteroatoms. The fourth-order valence-corrected chi connectivity index (χ4v) is 4.42. The number of ether oxygens (including phenoxy) is 1. The molecule has 1 atom stereocenters. The molecule has 27 heavy (non-hydrogen) atoms. The van der Waals surface area contributed by atoms with Crippen molar-refractivity contribution in [3.63, 3.8) is 0 Å². The fourth-order valence-electron chi connectivity index (χ4n) is 2.32. The molecule has 0 radical (unpaired) electrons. The normalized spacial score (nSPS) is 13.3. The number of nitrogens with one attached hydrogen (secondary N) is 2. The molecule has 0 aromatic heterocycles. The van der Waals surface area contributed by atoms with Gasteiger partial charge in [-0.05, 0) is 61.2 Å². The lowest BCUT2D eigenvalue weighted by Gasteiger charge is -2.12. The molecule has 0 unspecified atom stereocenters. The first-order chi connectivity index (χ1) is 12.7. The van der Waals surface area contributed by atoms with Gasteiger partial charge < -0.3 is 4.74 Å². The highest BCUT2D eigenvalue weighted by molar-refractivity contribution is 7.92. The Labute approximate surface area is 160 Å². The Hall–Kier alpha value is -1.94. The molecule has 0 saturated carbocycles. The second-order valence-corrected chi connectivity index (χ2v) is 9.36. The van der Waals surface area contributed by atoms with Crippen molar-refractivity contribution >= 4 is 20.0 Å². The average molecular weight is 413 g/mol. The van der Waals surface area contributed by atoms with Gasteiger partial charge in [0.15, 0.2) is 0 Å². The van der Waals surface area contributed by atoms with E-state index >= 15 is 0 Å². The molecule has 0 saturated heterocycles. The summed E-state index contributed by atoms with van der Waals surface area (Å²) in [5.41, 5.74) is 1.02. The molecule has 2 aromatic rings. The van der Waals surface area contributed by atoms with Gasteiger partial charge in [0, 0.05) is 0 Å². The average Bonchev–Trinajstić information content (AvgIpc) is 2.67. The van der Waals surface area contributed by atoms with Crippen LogP contribution >= 0.6 is 0 Å². The molecule has 7 nitrogen and oxygen atoms in total. The van der Waals surface area contributed by atoms with Crippen LogP contribution in [0.1, 0.15) is 38.7 Å². The Balaban J connectivity index is 2.11. The third kappa shape index (κ3) is 5.52. The van der Waals surface area contributed by atoms with E-state index in [0.29, 0.717) is 18.3 Å². The van der Waals surface area contributed by atoms with Crippen molar-refractivity contribution < 1.29 is 21.6 Å². The molecule has 0 aliphatic carbocycles. The smallest absolute Gasteiger partial charge is 0.254 e. The summed E-state index contributed by atoms with van der Waals surface area (Å²) >= 11 is 0. The van der Waals surface area contributed by atoms with Crippen LogP contribution in [0.25, 0.3) is 0 Å². The van der Waals surface area contributed by atoms with Crippen LogP contribution in [0, 0.1) is 0 Å². The van der Waals surface area contributed by atoms with Gasteiger partial charge >= 0.3 is 0 Å². The van der Waals surface area contributed by atoms with E-state index in [1.54, 1.807) is 12.1 Å². The lowest BCUT2D eigenvalue weighted by Crippen LogP contribution is -2.41. The maximum absolute atomic E-state index is 12.3. The quantitative estimate of drug-likeness (QED) is 0.617. The summed E-state index contributed by atoms with van der Waals surface area (Å²) in [6.45, 7) is 6.37. The number of hydrogen-bond donors (Lipinski definition) is 2. The zero-order valence-corrected chi connectivity index (χ0v) is 17.1. The predicted molar refractivity (Wildman–Crippen MR) is 103 cm³/mol. The molecule has 0 bridgehead atoms. The summed E-state index contributed by atoms with van der Waals surface area (Å²) in [6.07, 6.45) is 0.937. The van der Waals surface area contributed by atoms with Gasteiger partial charge in [-0.2, -0.15) is 0 Å². The number of hydrazine groups is 1. The maximum atomic E-state index is 12.3. The second kappa shape index (κ2) is 8.83. The first-order valence-corrected chi connectivity index (χ1v) is 11.5. The summed E-state index contributed by atoms with van der Waals surface area (Å²) in [5.74, 6) is 0.839. The van der Waals surface area contributed by atoms with E-state index in [-0.39, 0.29) is 9.79 Å². The predicted octanol–water partition coefficient (Wildman–Crippen LogP) is 2.77. The Kier molecular flexibility index (Phi) is 6.99. The lowest BCUT2D eigenvalue weighted by molar-refractivity contribution is 0.340. The Bertz CT molecular complexity index is 954. The van der Waals surface area contributed by atoms with Crippen LogP contribution in [0.5, 0.6) is 5.75 Å². The minimum atomic E-state index is -4.05. The van der Waals surface area contributed by atoms with Crippen molar-refractivity contribution in [2.75, 3.05) is 6.61 Å². The molecule has 0 aliphatic heterocycles. The molecule has 0 amide bonds. The Morgan fingerprint density at radius 1 is 0.815 bits per heavy atom. The van der Waals surface area contributed by atoms with Gasteiger partial charge in [-0.15, -0.1) is 9.66 Å². The number of benzene rings is 2. The van der Waals surface area contributed by atoms with E-state index in [9.17, 15) is 16.8 Å². The maximum Gasteiger partial charge on any atom is 0.254 e. The summed E-state index contributed by atoms with van der Waals surface area (Å²) in [7, 11) is -8.09. The van der Waals surface area contributed by atoms with Crippen molar-refractivity contribution in [3.8, 4) is 5.75 Å². The highest BCUT2D eigenvalue weighted by Gasteiger charge is 2.20. The van der Waals surface area contributed by atoms with Crippen molar-refractivity contribution in [2.24, 2.45) is 0 Å². The van der Waals surface area contributed by atoms with Gasteiger partial charge in [-0.1, -0.05) is 26.0 Å². The van der Waals surface area contributed by atoms with E-state index in [1.807, 2.05) is 30.4 Å². The zero-order chi connectivity index (χ0) is 20.1. The zero-order valence-electron chi connectivity index (χ0n) is 15.5. The highest BCUT2D eigenvalue weighted by Crippen LogP contribution is 2.20. The Morgan fingerprint density at radius 3 is 1.67 bits per heavy atom. The van der Waals surface area contributed by atoms with Crippen molar-refractivity contribution in [1.82, 2.24) is 9.66 Å². The third-order valence-corrected chi connectivity index (χ3v) is 6.78. The fraction of sp³-hybridized carbons (Fsp3) is 0.333. The largest absolute Gasteiger partial charge is 0.494 e. The highest BCUT2D eigenvalue weighted by atomic mass is 32.2. The van der Waals surface area contributed by atoms with E-state index in [4.69, 9.17) is 4.74 Å².